The van der Waals surface area contributed by atoms with E-state index in [2.05, 4.69) is 47.9 Å². The molecule has 0 bridgehead atoms. The summed E-state index contributed by atoms with van der Waals surface area (Å²) < 4.78 is 0. The van der Waals surface area contributed by atoms with Gasteiger partial charge in [0, 0.05) is 44.1 Å². The number of piperazine rings is 1. The Morgan fingerprint density at radius 2 is 2.00 bits per heavy atom. The lowest BCUT2D eigenvalue weighted by Gasteiger charge is -2.42. The Bertz CT molecular complexity index is 427. The first-order valence-electron chi connectivity index (χ1n) is 8.20. The highest BCUT2D eigenvalue weighted by Gasteiger charge is 2.30. The molecule has 2 atom stereocenters. The van der Waals surface area contributed by atoms with Gasteiger partial charge in [0.05, 0.1) is 11.4 Å². The van der Waals surface area contributed by atoms with Gasteiger partial charge in [-0.2, -0.15) is 0 Å². The molecule has 0 saturated carbocycles. The van der Waals surface area contributed by atoms with Crippen molar-refractivity contribution in [1.82, 2.24) is 20.2 Å². The molecule has 2 unspecified atom stereocenters. The van der Waals surface area contributed by atoms with Crippen molar-refractivity contribution in [2.75, 3.05) is 13.1 Å². The van der Waals surface area contributed by atoms with Crippen molar-refractivity contribution in [3.63, 3.8) is 0 Å². The molecule has 1 fully saturated rings. The van der Waals surface area contributed by atoms with Crippen molar-refractivity contribution in [1.29, 1.82) is 0 Å². The van der Waals surface area contributed by atoms with Crippen molar-refractivity contribution in [3.05, 3.63) is 23.8 Å². The Morgan fingerprint density at radius 3 is 2.57 bits per heavy atom. The molecule has 0 aliphatic carbocycles. The minimum absolute atomic E-state index is 0.580. The first-order valence-corrected chi connectivity index (χ1v) is 8.20. The summed E-state index contributed by atoms with van der Waals surface area (Å²) in [4.78, 5) is 11.5. The predicted molar refractivity (Wildman–Crippen MR) is 87.1 cm³/mol. The topological polar surface area (TPSA) is 41.1 Å². The van der Waals surface area contributed by atoms with Gasteiger partial charge in [-0.3, -0.25) is 14.9 Å². The monoisotopic (exact) mass is 290 g/mol. The first kappa shape index (κ1) is 16.4. The van der Waals surface area contributed by atoms with E-state index in [0.717, 1.165) is 36.9 Å². The highest BCUT2D eigenvalue weighted by Crippen LogP contribution is 2.20. The summed E-state index contributed by atoms with van der Waals surface area (Å²) in [5.41, 5.74) is 2.06. The van der Waals surface area contributed by atoms with Gasteiger partial charge in [0.2, 0.25) is 0 Å². The number of hydrogen-bond donors (Lipinski definition) is 1. The standard InChI is InChI=1S/C17H30N4/c1-12(2)6-15-10-21(17(9-20-15)13(3)4)11-16-8-18-14(5)7-19-16/h7-8,12-13,15,17,20H,6,9-11H2,1-5H3. The van der Waals surface area contributed by atoms with Crippen LogP contribution in [0.2, 0.25) is 0 Å². The second kappa shape index (κ2) is 7.32. The van der Waals surface area contributed by atoms with Crippen LogP contribution >= 0.6 is 0 Å². The third-order valence-corrected chi connectivity index (χ3v) is 4.26. The molecule has 0 amide bonds. The van der Waals surface area contributed by atoms with Crippen LogP contribution in [0.3, 0.4) is 0 Å². The lowest BCUT2D eigenvalue weighted by atomic mass is 9.95. The van der Waals surface area contributed by atoms with Crippen LogP contribution in [0.4, 0.5) is 0 Å². The molecule has 118 valence electrons. The fourth-order valence-corrected chi connectivity index (χ4v) is 3.17. The largest absolute Gasteiger partial charge is 0.311 e. The summed E-state index contributed by atoms with van der Waals surface area (Å²) in [6.45, 7) is 14.3. The molecule has 1 aromatic rings. The van der Waals surface area contributed by atoms with Gasteiger partial charge in [0.1, 0.15) is 0 Å². The zero-order valence-corrected chi connectivity index (χ0v) is 14.1. The van der Waals surface area contributed by atoms with Crippen molar-refractivity contribution >= 4 is 0 Å². The van der Waals surface area contributed by atoms with Crippen LogP contribution in [0.15, 0.2) is 12.4 Å². The SMILES string of the molecule is Cc1cnc(CN2CC(CC(C)C)NCC2C(C)C)cn1. The van der Waals surface area contributed by atoms with Crippen LogP contribution in [0.25, 0.3) is 0 Å². The summed E-state index contributed by atoms with van der Waals surface area (Å²) in [6, 6.07) is 1.18. The minimum atomic E-state index is 0.580. The van der Waals surface area contributed by atoms with Crippen LogP contribution in [0, 0.1) is 18.8 Å². The van der Waals surface area contributed by atoms with E-state index < -0.39 is 0 Å². The number of rotatable bonds is 5. The summed E-state index contributed by atoms with van der Waals surface area (Å²) in [5.74, 6) is 1.38. The van der Waals surface area contributed by atoms with Gasteiger partial charge in [0.25, 0.3) is 0 Å². The molecule has 4 heteroatoms. The predicted octanol–water partition coefficient (Wildman–Crippen LogP) is 2.63. The third kappa shape index (κ3) is 4.75. The highest BCUT2D eigenvalue weighted by molar-refractivity contribution is 5.02. The maximum absolute atomic E-state index is 4.53. The quantitative estimate of drug-likeness (QED) is 0.905. The molecule has 2 rings (SSSR count). The van der Waals surface area contributed by atoms with E-state index in [1.807, 2.05) is 19.3 Å². The van der Waals surface area contributed by atoms with Gasteiger partial charge >= 0.3 is 0 Å². The molecular weight excluding hydrogens is 260 g/mol. The summed E-state index contributed by atoms with van der Waals surface area (Å²) in [5, 5.41) is 3.73. The summed E-state index contributed by atoms with van der Waals surface area (Å²) in [7, 11) is 0. The van der Waals surface area contributed by atoms with E-state index in [1.165, 1.54) is 6.42 Å². The van der Waals surface area contributed by atoms with Crippen molar-refractivity contribution in [2.45, 2.75) is 59.7 Å². The van der Waals surface area contributed by atoms with Crippen molar-refractivity contribution in [2.24, 2.45) is 11.8 Å². The second-order valence-electron chi connectivity index (χ2n) is 7.12. The number of aromatic nitrogens is 2. The maximum atomic E-state index is 4.53. The molecule has 0 aromatic carbocycles. The average Bonchev–Trinajstić information content (AvgIpc) is 2.40. The number of hydrogen-bond acceptors (Lipinski definition) is 4. The number of nitrogens with one attached hydrogen (secondary N) is 1. The molecule has 1 saturated heterocycles. The van der Waals surface area contributed by atoms with E-state index in [9.17, 15) is 0 Å². The summed E-state index contributed by atoms with van der Waals surface area (Å²) >= 11 is 0. The van der Waals surface area contributed by atoms with E-state index in [4.69, 9.17) is 0 Å². The lowest BCUT2D eigenvalue weighted by Crippen LogP contribution is -2.58. The molecule has 1 aromatic heterocycles. The Morgan fingerprint density at radius 1 is 1.24 bits per heavy atom. The smallest absolute Gasteiger partial charge is 0.0727 e. The van der Waals surface area contributed by atoms with E-state index in [-0.39, 0.29) is 0 Å². The molecule has 0 spiro atoms. The van der Waals surface area contributed by atoms with E-state index in [0.29, 0.717) is 18.0 Å². The number of nitrogens with zero attached hydrogens (tertiary/aromatic N) is 3. The minimum Gasteiger partial charge on any atom is -0.311 e. The molecule has 1 aliphatic heterocycles. The van der Waals surface area contributed by atoms with Crippen LogP contribution < -0.4 is 5.32 Å². The van der Waals surface area contributed by atoms with Gasteiger partial charge in [-0.1, -0.05) is 27.7 Å². The first-order chi connectivity index (χ1) is 9.95. The van der Waals surface area contributed by atoms with Crippen molar-refractivity contribution < 1.29 is 0 Å². The second-order valence-corrected chi connectivity index (χ2v) is 7.12. The zero-order valence-electron chi connectivity index (χ0n) is 14.1. The van der Waals surface area contributed by atoms with Gasteiger partial charge in [-0.25, -0.2) is 0 Å². The fourth-order valence-electron chi connectivity index (χ4n) is 3.17. The fraction of sp³-hybridized carbons (Fsp3) is 0.765. The number of aryl methyl sites for hydroxylation is 1. The van der Waals surface area contributed by atoms with Crippen LogP contribution in [0.5, 0.6) is 0 Å². The van der Waals surface area contributed by atoms with Gasteiger partial charge in [-0.15, -0.1) is 0 Å². The van der Waals surface area contributed by atoms with E-state index >= 15 is 0 Å². The van der Waals surface area contributed by atoms with Crippen LogP contribution in [-0.4, -0.2) is 40.0 Å². The third-order valence-electron chi connectivity index (χ3n) is 4.26. The average molecular weight is 290 g/mol. The highest BCUT2D eigenvalue weighted by atomic mass is 15.2. The molecule has 1 N–H and O–H groups in total. The van der Waals surface area contributed by atoms with Gasteiger partial charge in [0.15, 0.2) is 0 Å². The molecule has 0 radical (unpaired) electrons. The molecule has 4 nitrogen and oxygen atoms in total. The molecular formula is C17H30N4. The van der Waals surface area contributed by atoms with Crippen LogP contribution in [0.1, 0.15) is 45.5 Å². The molecule has 21 heavy (non-hydrogen) atoms. The Balaban J connectivity index is 2.04. The zero-order chi connectivity index (χ0) is 15.4. The van der Waals surface area contributed by atoms with Crippen molar-refractivity contribution in [3.8, 4) is 0 Å². The molecule has 1 aliphatic rings. The lowest BCUT2D eigenvalue weighted by molar-refractivity contribution is 0.0839. The van der Waals surface area contributed by atoms with E-state index in [1.54, 1.807) is 0 Å². The summed E-state index contributed by atoms with van der Waals surface area (Å²) in [6.07, 6.45) is 5.03. The Hall–Kier alpha value is -1.00. The Kier molecular flexibility index (Phi) is 5.71. The molecule has 2 heterocycles. The Labute approximate surface area is 129 Å². The maximum Gasteiger partial charge on any atom is 0.0727 e. The van der Waals surface area contributed by atoms with Crippen LogP contribution in [-0.2, 0) is 6.54 Å². The van der Waals surface area contributed by atoms with Gasteiger partial charge in [-0.05, 0) is 25.2 Å². The van der Waals surface area contributed by atoms with Gasteiger partial charge < -0.3 is 5.32 Å². The normalized spacial score (nSPS) is 24.0.